The number of nitrogens with zero attached hydrogens (tertiary/aromatic N) is 3. The topological polar surface area (TPSA) is 11.4 Å². The zero-order chi connectivity index (χ0) is 48.2. The quantitative estimate of drug-likeness (QED) is 0.134. The highest BCUT2D eigenvalue weighted by atomic mass is 15.2. The standard InChI is InChI=1S/C70H47N3/c1-4-18-48(19-5-1)51-32-37-58(38-33-51)73-68-41-36-54(46-67(68)69-65-30-16-14-28-63(65)64-29-15-17-31-66(64)70(69)73)55-44-61(71(56-24-6-2-7-25-56)59-39-34-49-20-10-12-22-52(49)42-59)47-62(45-55)72(57-26-8-3-9-27-57)60-40-35-50-21-11-13-23-53(50)43-60/h1-47H. The molecule has 0 saturated heterocycles. The second-order valence-corrected chi connectivity index (χ2v) is 18.9. The van der Waals surface area contributed by atoms with Crippen LogP contribution >= 0.6 is 0 Å². The number of benzene rings is 13. The number of hydrogen-bond donors (Lipinski definition) is 0. The van der Waals surface area contributed by atoms with Crippen LogP contribution in [0.2, 0.25) is 0 Å². The molecule has 0 bridgehead atoms. The molecule has 1 heterocycles. The van der Waals surface area contributed by atoms with E-state index in [1.165, 1.54) is 70.5 Å². The van der Waals surface area contributed by atoms with Gasteiger partial charge in [0.1, 0.15) is 0 Å². The van der Waals surface area contributed by atoms with Gasteiger partial charge in [-0.3, -0.25) is 0 Å². The highest BCUT2D eigenvalue weighted by Gasteiger charge is 2.23. The lowest BCUT2D eigenvalue weighted by Crippen LogP contribution is -2.13. The lowest BCUT2D eigenvalue weighted by molar-refractivity contribution is 1.19. The number of anilines is 6. The van der Waals surface area contributed by atoms with Crippen LogP contribution in [0.4, 0.5) is 34.1 Å². The first kappa shape index (κ1) is 42.2. The van der Waals surface area contributed by atoms with Crippen molar-refractivity contribution in [2.45, 2.75) is 0 Å². The van der Waals surface area contributed by atoms with Crippen LogP contribution in [-0.2, 0) is 0 Å². The van der Waals surface area contributed by atoms with E-state index in [-0.39, 0.29) is 0 Å². The summed E-state index contributed by atoms with van der Waals surface area (Å²) < 4.78 is 2.49. The van der Waals surface area contributed by atoms with Gasteiger partial charge in [0.2, 0.25) is 0 Å². The summed E-state index contributed by atoms with van der Waals surface area (Å²) in [6.45, 7) is 0. The largest absolute Gasteiger partial charge is 0.310 e. The molecule has 0 atom stereocenters. The smallest absolute Gasteiger partial charge is 0.0625 e. The molecule has 14 aromatic rings. The minimum Gasteiger partial charge on any atom is -0.310 e. The number of hydrogen-bond acceptors (Lipinski definition) is 2. The molecule has 0 saturated carbocycles. The zero-order valence-electron chi connectivity index (χ0n) is 40.0. The third-order valence-electron chi connectivity index (χ3n) is 14.6. The third-order valence-corrected chi connectivity index (χ3v) is 14.6. The van der Waals surface area contributed by atoms with Crippen LogP contribution in [0.3, 0.4) is 0 Å². The summed E-state index contributed by atoms with van der Waals surface area (Å²) in [5.74, 6) is 0. The van der Waals surface area contributed by atoms with Crippen LogP contribution in [0, 0.1) is 0 Å². The Morgan fingerprint density at radius 1 is 0.233 bits per heavy atom. The van der Waals surface area contributed by atoms with Crippen molar-refractivity contribution in [3.63, 3.8) is 0 Å². The summed E-state index contributed by atoms with van der Waals surface area (Å²) in [4.78, 5) is 4.82. The van der Waals surface area contributed by atoms with Gasteiger partial charge in [-0.1, -0.05) is 194 Å². The van der Waals surface area contributed by atoms with Crippen LogP contribution in [-0.4, -0.2) is 4.57 Å². The summed E-state index contributed by atoms with van der Waals surface area (Å²) in [6.07, 6.45) is 0. The summed E-state index contributed by atoms with van der Waals surface area (Å²) in [5, 5.41) is 12.2. The maximum absolute atomic E-state index is 2.49. The Labute approximate surface area is 424 Å². The maximum atomic E-state index is 2.49. The minimum atomic E-state index is 1.05. The van der Waals surface area contributed by atoms with Gasteiger partial charge in [-0.2, -0.15) is 0 Å². The van der Waals surface area contributed by atoms with Crippen molar-refractivity contribution in [2.75, 3.05) is 9.80 Å². The SMILES string of the molecule is c1ccc(-c2ccc(-n3c4ccc(-c5cc(N(c6ccccc6)c6ccc7ccccc7c6)cc(N(c6ccccc6)c6ccc7ccccc7c6)c5)cc4c4c5ccccc5c5ccccc5c43)cc2)cc1. The normalized spacial score (nSPS) is 11.6. The van der Waals surface area contributed by atoms with Crippen molar-refractivity contribution in [3.05, 3.63) is 285 Å². The predicted octanol–water partition coefficient (Wildman–Crippen LogP) is 19.7. The Balaban J connectivity index is 1.05. The van der Waals surface area contributed by atoms with E-state index in [1.54, 1.807) is 0 Å². The monoisotopic (exact) mass is 929 g/mol. The number of rotatable bonds is 9. The molecular formula is C70H47N3. The van der Waals surface area contributed by atoms with Crippen LogP contribution in [0.5, 0.6) is 0 Å². The average molecular weight is 930 g/mol. The zero-order valence-corrected chi connectivity index (χ0v) is 40.0. The van der Waals surface area contributed by atoms with Crippen LogP contribution < -0.4 is 9.80 Å². The van der Waals surface area contributed by atoms with Crippen molar-refractivity contribution in [1.82, 2.24) is 4.57 Å². The van der Waals surface area contributed by atoms with E-state index < -0.39 is 0 Å². The Bertz CT molecular complexity index is 4230. The van der Waals surface area contributed by atoms with Crippen molar-refractivity contribution in [2.24, 2.45) is 0 Å². The molecule has 0 N–H and O–H groups in total. The lowest BCUT2D eigenvalue weighted by Gasteiger charge is -2.30. The Hall–Kier alpha value is -9.70. The Kier molecular flexibility index (Phi) is 10.2. The molecule has 0 amide bonds. The van der Waals surface area contributed by atoms with Gasteiger partial charge in [0.15, 0.2) is 0 Å². The fourth-order valence-corrected chi connectivity index (χ4v) is 11.3. The fourth-order valence-electron chi connectivity index (χ4n) is 11.3. The first-order valence-electron chi connectivity index (χ1n) is 25.1. The van der Waals surface area contributed by atoms with Gasteiger partial charge in [0.05, 0.1) is 11.0 Å². The number of para-hydroxylation sites is 2. The molecule has 13 aromatic carbocycles. The molecule has 0 aliphatic carbocycles. The summed E-state index contributed by atoms with van der Waals surface area (Å²) in [5.41, 5.74) is 14.6. The molecule has 0 aliphatic rings. The van der Waals surface area contributed by atoms with Crippen molar-refractivity contribution in [3.8, 4) is 27.9 Å². The molecule has 3 heteroatoms. The first-order chi connectivity index (χ1) is 36.2. The average Bonchev–Trinajstić information content (AvgIpc) is 3.85. The van der Waals surface area contributed by atoms with Gasteiger partial charge in [0, 0.05) is 56.0 Å². The Morgan fingerprint density at radius 3 is 1.26 bits per heavy atom. The molecule has 0 unspecified atom stereocenters. The summed E-state index contributed by atoms with van der Waals surface area (Å²) >= 11 is 0. The van der Waals surface area contributed by atoms with Crippen molar-refractivity contribution >= 4 is 99.0 Å². The highest BCUT2D eigenvalue weighted by molar-refractivity contribution is 6.32. The van der Waals surface area contributed by atoms with Gasteiger partial charge in [-0.05, 0) is 151 Å². The maximum Gasteiger partial charge on any atom is 0.0625 e. The molecule has 14 rings (SSSR count). The van der Waals surface area contributed by atoms with E-state index in [1.807, 2.05) is 0 Å². The molecule has 1 aromatic heterocycles. The summed E-state index contributed by atoms with van der Waals surface area (Å²) in [6, 6.07) is 104. The molecular weight excluding hydrogens is 883 g/mol. The van der Waals surface area contributed by atoms with E-state index in [2.05, 4.69) is 299 Å². The van der Waals surface area contributed by atoms with E-state index in [0.29, 0.717) is 0 Å². The number of fused-ring (bicyclic) bond motifs is 10. The molecule has 0 spiro atoms. The number of aromatic nitrogens is 1. The fraction of sp³-hybridized carbons (Fsp3) is 0. The molecule has 0 radical (unpaired) electrons. The Morgan fingerprint density at radius 2 is 0.685 bits per heavy atom. The van der Waals surface area contributed by atoms with Crippen LogP contribution in [0.25, 0.3) is 92.8 Å². The second kappa shape index (κ2) is 17.6. The molecule has 342 valence electrons. The van der Waals surface area contributed by atoms with Gasteiger partial charge in [-0.15, -0.1) is 0 Å². The van der Waals surface area contributed by atoms with Gasteiger partial charge in [0.25, 0.3) is 0 Å². The first-order valence-corrected chi connectivity index (χ1v) is 25.1. The molecule has 0 aliphatic heterocycles. The van der Waals surface area contributed by atoms with Crippen LogP contribution in [0.1, 0.15) is 0 Å². The lowest BCUT2D eigenvalue weighted by atomic mass is 9.95. The van der Waals surface area contributed by atoms with Gasteiger partial charge < -0.3 is 14.4 Å². The van der Waals surface area contributed by atoms with Crippen molar-refractivity contribution in [1.29, 1.82) is 0 Å². The third kappa shape index (κ3) is 7.37. The van der Waals surface area contributed by atoms with E-state index in [9.17, 15) is 0 Å². The molecule has 0 fully saturated rings. The highest BCUT2D eigenvalue weighted by Crippen LogP contribution is 2.47. The second-order valence-electron chi connectivity index (χ2n) is 18.9. The van der Waals surface area contributed by atoms with Crippen LogP contribution in [0.15, 0.2) is 285 Å². The minimum absolute atomic E-state index is 1.05. The van der Waals surface area contributed by atoms with E-state index in [4.69, 9.17) is 0 Å². The van der Waals surface area contributed by atoms with E-state index >= 15 is 0 Å². The van der Waals surface area contributed by atoms with Gasteiger partial charge in [-0.25, -0.2) is 0 Å². The van der Waals surface area contributed by atoms with Crippen molar-refractivity contribution < 1.29 is 0 Å². The van der Waals surface area contributed by atoms with Gasteiger partial charge >= 0.3 is 0 Å². The predicted molar refractivity (Wildman–Crippen MR) is 311 cm³/mol. The molecule has 3 nitrogen and oxygen atoms in total. The molecule has 73 heavy (non-hydrogen) atoms. The van der Waals surface area contributed by atoms with E-state index in [0.717, 1.165) is 56.5 Å². The summed E-state index contributed by atoms with van der Waals surface area (Å²) in [7, 11) is 0.